The van der Waals surface area contributed by atoms with Crippen LogP contribution >= 0.6 is 0 Å². The lowest BCUT2D eigenvalue weighted by molar-refractivity contribution is -0.167. The van der Waals surface area contributed by atoms with Crippen LogP contribution in [0.3, 0.4) is 0 Å². The summed E-state index contributed by atoms with van der Waals surface area (Å²) in [6.45, 7) is 1.63. The lowest BCUT2D eigenvalue weighted by Crippen LogP contribution is -2.30. The smallest absolute Gasteiger partial charge is 0.461 e. The number of halogens is 3. The summed E-state index contributed by atoms with van der Waals surface area (Å²) in [5, 5.41) is 1.35. The highest BCUT2D eigenvalue weighted by Gasteiger charge is 2.39. The minimum Gasteiger partial charge on any atom is -0.461 e. The van der Waals surface area contributed by atoms with E-state index in [1.165, 1.54) is 5.32 Å². The van der Waals surface area contributed by atoms with E-state index in [-0.39, 0.29) is 12.3 Å². The minimum atomic E-state index is -5.06. The highest BCUT2D eigenvalue weighted by Crippen LogP contribution is 2.18. The van der Waals surface area contributed by atoms with Crippen molar-refractivity contribution in [2.75, 3.05) is 11.9 Å². The highest BCUT2D eigenvalue weighted by molar-refractivity contribution is 5.94. The third-order valence-corrected chi connectivity index (χ3v) is 1.47. The third-order valence-electron chi connectivity index (χ3n) is 1.47. The molecule has 1 N–H and O–H groups in total. The predicted molar refractivity (Wildman–Crippen MR) is 47.1 cm³/mol. The first-order valence-electron chi connectivity index (χ1n) is 4.35. The number of ether oxygens (including phenoxy) is 1. The largest absolute Gasteiger partial charge is 0.471 e. The van der Waals surface area contributed by atoms with Gasteiger partial charge in [0.1, 0.15) is 6.26 Å². The molecule has 0 aromatic carbocycles. The van der Waals surface area contributed by atoms with Gasteiger partial charge in [0.05, 0.1) is 6.61 Å². The van der Waals surface area contributed by atoms with Gasteiger partial charge in [0.25, 0.3) is 0 Å². The Bertz CT molecular complexity index is 427. The molecule has 9 heteroatoms. The number of nitrogens with zero attached hydrogens (tertiary/aromatic N) is 1. The summed E-state index contributed by atoms with van der Waals surface area (Å²) in [7, 11) is 0. The fourth-order valence-corrected chi connectivity index (χ4v) is 0.798. The number of hydrogen-bond donors (Lipinski definition) is 1. The SMILES string of the molecule is CCOC(=O)c1coc(NC(=O)C(F)(F)F)n1. The Balaban J connectivity index is 2.69. The summed E-state index contributed by atoms with van der Waals surface area (Å²) in [6, 6.07) is -0.727. The Kier molecular flexibility index (Phi) is 3.71. The summed E-state index contributed by atoms with van der Waals surface area (Å²) in [5.74, 6) is -3.10. The molecule has 1 heterocycles. The fourth-order valence-electron chi connectivity index (χ4n) is 0.798. The maximum atomic E-state index is 11.8. The summed E-state index contributed by atoms with van der Waals surface area (Å²) < 4.78 is 44.5. The first-order valence-corrected chi connectivity index (χ1v) is 4.35. The molecule has 94 valence electrons. The average Bonchev–Trinajstić information content (AvgIpc) is 2.65. The van der Waals surface area contributed by atoms with E-state index in [0.29, 0.717) is 0 Å². The number of hydrogen-bond acceptors (Lipinski definition) is 5. The van der Waals surface area contributed by atoms with E-state index < -0.39 is 24.1 Å². The predicted octanol–water partition coefficient (Wildman–Crippen LogP) is 1.35. The summed E-state index contributed by atoms with van der Waals surface area (Å²) in [4.78, 5) is 24.9. The number of amides is 1. The molecule has 1 rings (SSSR count). The molecule has 0 unspecified atom stereocenters. The molecule has 0 atom stereocenters. The summed E-state index contributed by atoms with van der Waals surface area (Å²) in [6.07, 6.45) is -4.28. The number of alkyl halides is 3. The molecule has 0 saturated heterocycles. The molecule has 1 amide bonds. The zero-order valence-corrected chi connectivity index (χ0v) is 8.50. The number of esters is 1. The minimum absolute atomic E-state index is 0.0793. The Hall–Kier alpha value is -2.06. The van der Waals surface area contributed by atoms with Crippen molar-refractivity contribution in [3.05, 3.63) is 12.0 Å². The summed E-state index contributed by atoms with van der Waals surface area (Å²) >= 11 is 0. The van der Waals surface area contributed by atoms with Crippen LogP contribution in [-0.4, -0.2) is 29.6 Å². The lowest BCUT2D eigenvalue weighted by atomic mass is 10.5. The maximum Gasteiger partial charge on any atom is 0.471 e. The second-order valence-corrected chi connectivity index (χ2v) is 2.71. The molecular weight excluding hydrogens is 245 g/mol. The zero-order chi connectivity index (χ0) is 13.1. The number of carbonyl (C=O) groups is 2. The molecule has 1 aromatic rings. The number of carbonyl (C=O) groups excluding carboxylic acids is 2. The Labute approximate surface area is 92.8 Å². The monoisotopic (exact) mass is 252 g/mol. The molecule has 0 bridgehead atoms. The van der Waals surface area contributed by atoms with E-state index in [1.807, 2.05) is 0 Å². The van der Waals surface area contributed by atoms with Gasteiger partial charge in [-0.2, -0.15) is 18.2 Å². The van der Waals surface area contributed by atoms with Crippen LogP contribution in [0, 0.1) is 0 Å². The van der Waals surface area contributed by atoms with Gasteiger partial charge >= 0.3 is 24.1 Å². The molecule has 17 heavy (non-hydrogen) atoms. The molecule has 0 aliphatic heterocycles. The van der Waals surface area contributed by atoms with Crippen molar-refractivity contribution < 1.29 is 31.9 Å². The van der Waals surface area contributed by atoms with Crippen LogP contribution in [0.15, 0.2) is 10.7 Å². The van der Waals surface area contributed by atoms with Crippen molar-refractivity contribution in [3.8, 4) is 0 Å². The molecule has 6 nitrogen and oxygen atoms in total. The standard InChI is InChI=1S/C8H7F3N2O4/c1-2-16-5(14)4-3-17-7(12-4)13-6(15)8(9,10)11/h3H,2H2,1H3,(H,12,13,15). The molecule has 0 aliphatic carbocycles. The van der Waals surface area contributed by atoms with Crippen LogP contribution in [0.2, 0.25) is 0 Å². The normalized spacial score (nSPS) is 11.1. The van der Waals surface area contributed by atoms with Crippen molar-refractivity contribution in [3.63, 3.8) is 0 Å². The number of anilines is 1. The summed E-state index contributed by atoms with van der Waals surface area (Å²) in [5.41, 5.74) is -0.329. The van der Waals surface area contributed by atoms with Crippen LogP contribution in [0.4, 0.5) is 19.2 Å². The zero-order valence-electron chi connectivity index (χ0n) is 8.50. The van der Waals surface area contributed by atoms with Crippen LogP contribution in [0.25, 0.3) is 0 Å². The number of rotatable bonds is 3. The molecular formula is C8H7F3N2O4. The van der Waals surface area contributed by atoms with E-state index >= 15 is 0 Å². The maximum absolute atomic E-state index is 11.8. The van der Waals surface area contributed by atoms with E-state index in [4.69, 9.17) is 0 Å². The van der Waals surface area contributed by atoms with E-state index in [9.17, 15) is 22.8 Å². The van der Waals surface area contributed by atoms with Gasteiger partial charge in [-0.15, -0.1) is 0 Å². The second-order valence-electron chi connectivity index (χ2n) is 2.71. The molecule has 0 aliphatic rings. The van der Waals surface area contributed by atoms with E-state index in [2.05, 4.69) is 14.1 Å². The van der Waals surface area contributed by atoms with Gasteiger partial charge in [-0.25, -0.2) is 4.79 Å². The van der Waals surface area contributed by atoms with Gasteiger partial charge in [-0.05, 0) is 6.92 Å². The first kappa shape index (κ1) is 13.0. The number of aromatic nitrogens is 1. The first-order chi connectivity index (χ1) is 7.84. The van der Waals surface area contributed by atoms with Crippen LogP contribution in [0.5, 0.6) is 0 Å². The Morgan fingerprint density at radius 1 is 1.53 bits per heavy atom. The van der Waals surface area contributed by atoms with Crippen molar-refractivity contribution >= 4 is 17.9 Å². The average molecular weight is 252 g/mol. The molecule has 0 spiro atoms. The quantitative estimate of drug-likeness (QED) is 0.821. The third kappa shape index (κ3) is 3.47. The van der Waals surface area contributed by atoms with E-state index in [0.717, 1.165) is 6.26 Å². The van der Waals surface area contributed by atoms with Crippen LogP contribution in [0.1, 0.15) is 17.4 Å². The van der Waals surface area contributed by atoms with Crippen molar-refractivity contribution in [1.82, 2.24) is 4.98 Å². The Morgan fingerprint density at radius 3 is 2.71 bits per heavy atom. The molecule has 0 fully saturated rings. The number of nitrogens with one attached hydrogen (secondary N) is 1. The molecule has 0 radical (unpaired) electrons. The van der Waals surface area contributed by atoms with Crippen molar-refractivity contribution in [2.45, 2.75) is 13.1 Å². The topological polar surface area (TPSA) is 81.4 Å². The Morgan fingerprint density at radius 2 is 2.18 bits per heavy atom. The van der Waals surface area contributed by atoms with Gasteiger partial charge in [0.15, 0.2) is 5.69 Å². The highest BCUT2D eigenvalue weighted by atomic mass is 19.4. The fraction of sp³-hybridized carbons (Fsp3) is 0.375. The van der Waals surface area contributed by atoms with Gasteiger partial charge in [-0.1, -0.05) is 0 Å². The molecule has 1 aromatic heterocycles. The van der Waals surface area contributed by atoms with Crippen LogP contribution < -0.4 is 5.32 Å². The lowest BCUT2D eigenvalue weighted by Gasteiger charge is -2.03. The van der Waals surface area contributed by atoms with Gasteiger partial charge in [-0.3, -0.25) is 10.1 Å². The second kappa shape index (κ2) is 4.85. The van der Waals surface area contributed by atoms with Gasteiger partial charge in [0, 0.05) is 0 Å². The molecule has 0 saturated carbocycles. The van der Waals surface area contributed by atoms with Crippen LogP contribution in [-0.2, 0) is 9.53 Å². The number of oxazole rings is 1. The van der Waals surface area contributed by atoms with E-state index in [1.54, 1.807) is 6.92 Å². The van der Waals surface area contributed by atoms with Crippen molar-refractivity contribution in [2.24, 2.45) is 0 Å². The van der Waals surface area contributed by atoms with Gasteiger partial charge in [0.2, 0.25) is 0 Å². The van der Waals surface area contributed by atoms with Gasteiger partial charge < -0.3 is 9.15 Å². The van der Waals surface area contributed by atoms with Crippen molar-refractivity contribution in [1.29, 1.82) is 0 Å².